The molecule has 1 aromatic heterocycles. The molecule has 0 amide bonds. The van der Waals surface area contributed by atoms with Gasteiger partial charge in [0.25, 0.3) is 0 Å². The molecule has 0 saturated heterocycles. The Hall–Kier alpha value is -2.05. The number of thiazole rings is 1. The summed E-state index contributed by atoms with van der Waals surface area (Å²) in [5.41, 5.74) is 0.835. The Balaban J connectivity index is 1.85. The van der Waals surface area contributed by atoms with Crippen molar-refractivity contribution in [2.45, 2.75) is 6.42 Å². The predicted octanol–water partition coefficient (Wildman–Crippen LogP) is 3.83. The molecule has 1 aliphatic rings. The maximum Gasteiger partial charge on any atom is 0.347 e. The number of carbonyl (C=O) groups is 1. The molecule has 1 N–H and O–H groups in total. The fourth-order valence-corrected chi connectivity index (χ4v) is 2.91. The van der Waals surface area contributed by atoms with Gasteiger partial charge in [-0.1, -0.05) is 17.7 Å². The standard InChI is InChI=1S/C15H12ClNO4S/c16-10-6-9(7-11-14(10)21-5-1-4-20-11)2-3-13-17-8-12(22-13)15(18)19/h2-3,6-8H,1,4-5H2,(H,18,19)/b3-2-. The van der Waals surface area contributed by atoms with E-state index in [1.54, 1.807) is 12.1 Å². The van der Waals surface area contributed by atoms with E-state index >= 15 is 0 Å². The number of halogens is 1. The maximum absolute atomic E-state index is 10.8. The average molecular weight is 338 g/mol. The van der Waals surface area contributed by atoms with Crippen molar-refractivity contribution in [2.24, 2.45) is 0 Å². The highest BCUT2D eigenvalue weighted by molar-refractivity contribution is 7.14. The molecule has 0 saturated carbocycles. The summed E-state index contributed by atoms with van der Waals surface area (Å²) < 4.78 is 11.2. The number of carboxylic acid groups (broad SMARTS) is 1. The lowest BCUT2D eigenvalue weighted by atomic mass is 10.2. The molecular weight excluding hydrogens is 326 g/mol. The Labute approximate surface area is 135 Å². The molecule has 114 valence electrons. The van der Waals surface area contributed by atoms with Crippen molar-refractivity contribution in [1.82, 2.24) is 4.98 Å². The molecule has 0 unspecified atom stereocenters. The van der Waals surface area contributed by atoms with Crippen LogP contribution in [0.3, 0.4) is 0 Å². The SMILES string of the molecule is O=C(O)c1cnc(/C=C\c2cc(Cl)c3c(c2)OCCCO3)s1. The average Bonchev–Trinajstić information content (AvgIpc) is 2.84. The quantitative estimate of drug-likeness (QED) is 0.921. The van der Waals surface area contributed by atoms with E-state index in [4.69, 9.17) is 26.2 Å². The molecule has 22 heavy (non-hydrogen) atoms. The van der Waals surface area contributed by atoms with Crippen LogP contribution in [0.5, 0.6) is 11.5 Å². The van der Waals surface area contributed by atoms with Gasteiger partial charge < -0.3 is 14.6 Å². The van der Waals surface area contributed by atoms with Crippen molar-refractivity contribution in [1.29, 1.82) is 0 Å². The van der Waals surface area contributed by atoms with Crippen molar-refractivity contribution in [3.8, 4) is 11.5 Å². The van der Waals surface area contributed by atoms with E-state index in [0.717, 1.165) is 23.3 Å². The molecule has 0 fully saturated rings. The molecule has 5 nitrogen and oxygen atoms in total. The molecule has 1 aromatic carbocycles. The first-order valence-corrected chi connectivity index (χ1v) is 7.79. The van der Waals surface area contributed by atoms with E-state index in [0.29, 0.717) is 34.7 Å². The van der Waals surface area contributed by atoms with Gasteiger partial charge in [-0.15, -0.1) is 11.3 Å². The Morgan fingerprint density at radius 2 is 2.14 bits per heavy atom. The lowest BCUT2D eigenvalue weighted by molar-refractivity contribution is 0.0702. The first kappa shape index (κ1) is 14.9. The van der Waals surface area contributed by atoms with Gasteiger partial charge >= 0.3 is 5.97 Å². The van der Waals surface area contributed by atoms with Crippen LogP contribution in [0.15, 0.2) is 18.3 Å². The Kier molecular flexibility index (Phi) is 4.31. The topological polar surface area (TPSA) is 68.7 Å². The highest BCUT2D eigenvalue weighted by Crippen LogP contribution is 2.38. The van der Waals surface area contributed by atoms with Crippen LogP contribution < -0.4 is 9.47 Å². The van der Waals surface area contributed by atoms with Gasteiger partial charge in [0.05, 0.1) is 24.4 Å². The van der Waals surface area contributed by atoms with Crippen LogP contribution in [-0.2, 0) is 0 Å². The number of hydrogen-bond donors (Lipinski definition) is 1. The number of carboxylic acids is 1. The zero-order valence-corrected chi connectivity index (χ0v) is 13.0. The number of benzene rings is 1. The van der Waals surface area contributed by atoms with Crippen molar-refractivity contribution >= 4 is 41.1 Å². The van der Waals surface area contributed by atoms with Gasteiger partial charge in [-0.25, -0.2) is 9.78 Å². The van der Waals surface area contributed by atoms with E-state index in [1.165, 1.54) is 6.20 Å². The van der Waals surface area contributed by atoms with E-state index in [1.807, 2.05) is 12.1 Å². The number of ether oxygens (including phenoxy) is 2. The van der Waals surface area contributed by atoms with Crippen LogP contribution in [0.2, 0.25) is 5.02 Å². The third-order valence-electron chi connectivity index (χ3n) is 2.98. The van der Waals surface area contributed by atoms with Crippen molar-refractivity contribution in [3.63, 3.8) is 0 Å². The fourth-order valence-electron chi connectivity index (χ4n) is 1.98. The van der Waals surface area contributed by atoms with Crippen LogP contribution in [0, 0.1) is 0 Å². The first-order valence-electron chi connectivity index (χ1n) is 6.60. The lowest BCUT2D eigenvalue weighted by Gasteiger charge is -2.09. The van der Waals surface area contributed by atoms with E-state index in [2.05, 4.69) is 4.98 Å². The second-order valence-electron chi connectivity index (χ2n) is 4.58. The summed E-state index contributed by atoms with van der Waals surface area (Å²) in [7, 11) is 0. The summed E-state index contributed by atoms with van der Waals surface area (Å²) in [4.78, 5) is 15.1. The smallest absolute Gasteiger partial charge is 0.347 e. The predicted molar refractivity (Wildman–Crippen MR) is 85.1 cm³/mol. The summed E-state index contributed by atoms with van der Waals surface area (Å²) in [6.07, 6.45) is 5.71. The number of aromatic nitrogens is 1. The van der Waals surface area contributed by atoms with Gasteiger partial charge in [0.15, 0.2) is 11.5 Å². The molecule has 0 aliphatic carbocycles. The summed E-state index contributed by atoms with van der Waals surface area (Å²) in [5, 5.41) is 9.98. The summed E-state index contributed by atoms with van der Waals surface area (Å²) in [5.74, 6) is 0.213. The number of fused-ring (bicyclic) bond motifs is 1. The largest absolute Gasteiger partial charge is 0.489 e. The second kappa shape index (κ2) is 6.37. The zero-order chi connectivity index (χ0) is 15.5. The van der Waals surface area contributed by atoms with Crippen molar-refractivity contribution < 1.29 is 19.4 Å². The summed E-state index contributed by atoms with van der Waals surface area (Å²) in [6, 6.07) is 3.62. The molecule has 0 radical (unpaired) electrons. The second-order valence-corrected chi connectivity index (χ2v) is 6.05. The summed E-state index contributed by atoms with van der Waals surface area (Å²) >= 11 is 7.33. The molecule has 2 aromatic rings. The molecule has 0 bridgehead atoms. The van der Waals surface area contributed by atoms with E-state index < -0.39 is 5.97 Å². The van der Waals surface area contributed by atoms with E-state index in [9.17, 15) is 4.79 Å². The zero-order valence-electron chi connectivity index (χ0n) is 11.4. The first-order chi connectivity index (χ1) is 10.6. The Morgan fingerprint density at radius 3 is 2.91 bits per heavy atom. The number of nitrogens with zero attached hydrogens (tertiary/aromatic N) is 1. The van der Waals surface area contributed by atoms with E-state index in [-0.39, 0.29) is 4.88 Å². The van der Waals surface area contributed by atoms with Crippen molar-refractivity contribution in [3.05, 3.63) is 38.8 Å². The van der Waals surface area contributed by atoms with Gasteiger partial charge in [0.1, 0.15) is 9.88 Å². The fraction of sp³-hybridized carbons (Fsp3) is 0.200. The van der Waals surface area contributed by atoms with Gasteiger partial charge in [0, 0.05) is 6.42 Å². The number of hydrogen-bond acceptors (Lipinski definition) is 5. The van der Waals surface area contributed by atoms with Crippen LogP contribution in [0.4, 0.5) is 0 Å². The third kappa shape index (κ3) is 3.23. The Bertz CT molecular complexity index is 741. The minimum absolute atomic E-state index is 0.205. The Morgan fingerprint density at radius 1 is 1.32 bits per heavy atom. The van der Waals surface area contributed by atoms with Gasteiger partial charge in [-0.2, -0.15) is 0 Å². The molecule has 1 aliphatic heterocycles. The summed E-state index contributed by atoms with van der Waals surface area (Å²) in [6.45, 7) is 1.17. The molecule has 0 atom stereocenters. The lowest BCUT2D eigenvalue weighted by Crippen LogP contribution is -1.97. The number of rotatable bonds is 3. The highest BCUT2D eigenvalue weighted by atomic mass is 35.5. The number of aromatic carboxylic acids is 1. The molecular formula is C15H12ClNO4S. The molecule has 0 spiro atoms. The normalized spacial score (nSPS) is 14.0. The van der Waals surface area contributed by atoms with Crippen molar-refractivity contribution in [2.75, 3.05) is 13.2 Å². The minimum atomic E-state index is -0.976. The molecule has 7 heteroatoms. The maximum atomic E-state index is 10.8. The van der Waals surface area contributed by atoms with Crippen LogP contribution >= 0.6 is 22.9 Å². The third-order valence-corrected chi connectivity index (χ3v) is 4.21. The minimum Gasteiger partial charge on any atom is -0.489 e. The van der Waals surface area contributed by atoms with Crippen LogP contribution in [-0.4, -0.2) is 29.3 Å². The van der Waals surface area contributed by atoms with Gasteiger partial charge in [-0.05, 0) is 23.8 Å². The highest BCUT2D eigenvalue weighted by Gasteiger charge is 2.15. The van der Waals surface area contributed by atoms with Gasteiger partial charge in [0.2, 0.25) is 0 Å². The monoisotopic (exact) mass is 337 g/mol. The van der Waals surface area contributed by atoms with Gasteiger partial charge in [-0.3, -0.25) is 0 Å². The van der Waals surface area contributed by atoms with Crippen LogP contribution in [0.1, 0.15) is 26.7 Å². The molecule has 3 rings (SSSR count). The van der Waals surface area contributed by atoms with Crippen LogP contribution in [0.25, 0.3) is 12.2 Å². The molecule has 2 heterocycles.